The molecule has 0 aliphatic carbocycles. The molecular weight excluding hydrogens is 156 g/mol. The zero-order valence-electron chi connectivity index (χ0n) is 7.72. The highest BCUT2D eigenvalue weighted by atomic mass is 32.2. The molecule has 0 amide bonds. The van der Waals surface area contributed by atoms with Gasteiger partial charge in [-0.15, -0.1) is 0 Å². The van der Waals surface area contributed by atoms with Gasteiger partial charge in [0.25, 0.3) is 0 Å². The Kier molecular flexibility index (Phi) is 3.26. The van der Waals surface area contributed by atoms with Gasteiger partial charge in [-0.25, -0.2) is 0 Å². The third kappa shape index (κ3) is 4.02. The van der Waals surface area contributed by atoms with Crippen molar-refractivity contribution in [3.8, 4) is 0 Å². The van der Waals surface area contributed by atoms with Crippen LogP contribution in [0.4, 0.5) is 0 Å². The van der Waals surface area contributed by atoms with Crippen molar-refractivity contribution in [1.29, 1.82) is 0 Å². The van der Waals surface area contributed by atoms with E-state index in [2.05, 4.69) is 20.8 Å². The summed E-state index contributed by atoms with van der Waals surface area (Å²) in [4.78, 5) is 0. The lowest BCUT2D eigenvalue weighted by Gasteiger charge is -2.19. The molecule has 0 N–H and O–H groups in total. The number of ether oxygens (including phenoxy) is 1. The van der Waals surface area contributed by atoms with Crippen molar-refractivity contribution >= 4 is 11.8 Å². The Morgan fingerprint density at radius 1 is 1.45 bits per heavy atom. The van der Waals surface area contributed by atoms with Crippen LogP contribution in [-0.4, -0.2) is 23.2 Å². The lowest BCUT2D eigenvalue weighted by molar-refractivity contribution is 0.128. The van der Waals surface area contributed by atoms with E-state index in [-0.39, 0.29) is 0 Å². The largest absolute Gasteiger partial charge is 0.377 e. The molecule has 1 aliphatic rings. The second kappa shape index (κ2) is 3.81. The molecule has 0 radical (unpaired) electrons. The minimum atomic E-state index is 0.395. The highest BCUT2D eigenvalue weighted by Crippen LogP contribution is 2.27. The molecule has 1 aliphatic heterocycles. The summed E-state index contributed by atoms with van der Waals surface area (Å²) in [6.07, 6.45) is 3.07. The van der Waals surface area contributed by atoms with Crippen molar-refractivity contribution < 1.29 is 4.74 Å². The molecule has 2 heteroatoms. The molecule has 0 spiro atoms. The van der Waals surface area contributed by atoms with Crippen LogP contribution in [0, 0.1) is 0 Å². The average Bonchev–Trinajstić information content (AvgIpc) is 2.32. The molecule has 0 aromatic carbocycles. The Balaban J connectivity index is 2.11. The third-order valence-electron chi connectivity index (χ3n) is 1.73. The molecular formula is C9H18OS. The van der Waals surface area contributed by atoms with Gasteiger partial charge < -0.3 is 4.74 Å². The molecule has 1 heterocycles. The second-order valence-electron chi connectivity index (χ2n) is 4.06. The van der Waals surface area contributed by atoms with Gasteiger partial charge in [0.2, 0.25) is 0 Å². The van der Waals surface area contributed by atoms with E-state index in [9.17, 15) is 0 Å². The van der Waals surface area contributed by atoms with Crippen molar-refractivity contribution in [3.63, 3.8) is 0 Å². The number of thioether (sulfide) groups is 1. The third-order valence-corrected chi connectivity index (χ3v) is 3.13. The summed E-state index contributed by atoms with van der Waals surface area (Å²) in [5, 5.41) is 0. The first-order valence-electron chi connectivity index (χ1n) is 4.33. The Labute approximate surface area is 73.9 Å². The fraction of sp³-hybridized carbons (Fsp3) is 1.00. The van der Waals surface area contributed by atoms with Crippen LogP contribution in [-0.2, 0) is 4.74 Å². The van der Waals surface area contributed by atoms with Crippen molar-refractivity contribution in [3.05, 3.63) is 0 Å². The summed E-state index contributed by atoms with van der Waals surface area (Å²) in [5.74, 6) is 1.17. The summed E-state index contributed by atoms with van der Waals surface area (Å²) in [5.41, 5.74) is 0. The molecule has 0 aromatic rings. The van der Waals surface area contributed by atoms with Gasteiger partial charge in [-0.3, -0.25) is 0 Å². The molecule has 66 valence electrons. The fourth-order valence-electron chi connectivity index (χ4n) is 1.12. The summed E-state index contributed by atoms with van der Waals surface area (Å²) >= 11 is 2.01. The monoisotopic (exact) mass is 174 g/mol. The zero-order chi connectivity index (χ0) is 8.32. The van der Waals surface area contributed by atoms with Crippen LogP contribution in [0.3, 0.4) is 0 Å². The summed E-state index contributed by atoms with van der Waals surface area (Å²) in [6, 6.07) is 0. The molecule has 1 atom stereocenters. The summed E-state index contributed by atoms with van der Waals surface area (Å²) in [7, 11) is 0. The van der Waals surface area contributed by atoms with Crippen LogP contribution < -0.4 is 0 Å². The predicted molar refractivity (Wildman–Crippen MR) is 51.2 cm³/mol. The summed E-state index contributed by atoms with van der Waals surface area (Å²) in [6.45, 7) is 7.75. The van der Waals surface area contributed by atoms with E-state index in [4.69, 9.17) is 4.74 Å². The number of hydrogen-bond donors (Lipinski definition) is 0. The minimum absolute atomic E-state index is 0.395. The first kappa shape index (κ1) is 9.40. The van der Waals surface area contributed by atoms with Crippen molar-refractivity contribution in [2.75, 3.05) is 12.4 Å². The van der Waals surface area contributed by atoms with Gasteiger partial charge in [0.05, 0.1) is 6.10 Å². The van der Waals surface area contributed by atoms with Gasteiger partial charge >= 0.3 is 0 Å². The smallest absolute Gasteiger partial charge is 0.0666 e. The van der Waals surface area contributed by atoms with E-state index in [0.29, 0.717) is 10.9 Å². The normalized spacial score (nSPS) is 25.9. The quantitative estimate of drug-likeness (QED) is 0.636. The van der Waals surface area contributed by atoms with Crippen LogP contribution >= 0.6 is 11.8 Å². The second-order valence-corrected chi connectivity index (χ2v) is 5.91. The van der Waals surface area contributed by atoms with Crippen molar-refractivity contribution in [2.45, 2.75) is 44.5 Å². The Morgan fingerprint density at radius 2 is 2.18 bits per heavy atom. The maximum Gasteiger partial charge on any atom is 0.0666 e. The Hall–Kier alpha value is 0.310. The highest BCUT2D eigenvalue weighted by Gasteiger charge is 2.19. The van der Waals surface area contributed by atoms with Gasteiger partial charge in [-0.2, -0.15) is 11.8 Å². The molecule has 1 rings (SSSR count). The zero-order valence-corrected chi connectivity index (χ0v) is 8.54. The Bertz CT molecular complexity index is 111. The number of hydrogen-bond acceptors (Lipinski definition) is 2. The van der Waals surface area contributed by atoms with Crippen molar-refractivity contribution in [2.24, 2.45) is 0 Å². The van der Waals surface area contributed by atoms with E-state index in [0.717, 1.165) is 6.61 Å². The summed E-state index contributed by atoms with van der Waals surface area (Å²) < 4.78 is 5.92. The molecule has 0 bridgehead atoms. The number of rotatable bonds is 2. The van der Waals surface area contributed by atoms with Gasteiger partial charge in [-0.05, 0) is 12.8 Å². The molecule has 1 unspecified atom stereocenters. The fourth-order valence-corrected chi connectivity index (χ4v) is 2.07. The van der Waals surface area contributed by atoms with Gasteiger partial charge in [0.1, 0.15) is 0 Å². The van der Waals surface area contributed by atoms with Gasteiger partial charge in [0.15, 0.2) is 0 Å². The molecule has 1 fully saturated rings. The van der Waals surface area contributed by atoms with E-state index in [1.807, 2.05) is 11.8 Å². The van der Waals surface area contributed by atoms with Crippen molar-refractivity contribution in [1.82, 2.24) is 0 Å². The van der Waals surface area contributed by atoms with Gasteiger partial charge in [-0.1, -0.05) is 20.8 Å². The topological polar surface area (TPSA) is 9.23 Å². The molecule has 1 nitrogen and oxygen atoms in total. The first-order valence-corrected chi connectivity index (χ1v) is 5.32. The predicted octanol–water partition coefficient (Wildman–Crippen LogP) is 2.70. The van der Waals surface area contributed by atoms with E-state index < -0.39 is 0 Å². The molecule has 1 saturated heterocycles. The SMILES string of the molecule is CC(C)(C)SCC1CCCO1. The highest BCUT2D eigenvalue weighted by molar-refractivity contribution is 8.00. The average molecular weight is 174 g/mol. The minimum Gasteiger partial charge on any atom is -0.377 e. The molecule has 11 heavy (non-hydrogen) atoms. The van der Waals surface area contributed by atoms with E-state index in [1.165, 1.54) is 18.6 Å². The molecule has 0 aromatic heterocycles. The lowest BCUT2D eigenvalue weighted by atomic mass is 10.2. The maximum absolute atomic E-state index is 5.53. The van der Waals surface area contributed by atoms with Crippen LogP contribution in [0.25, 0.3) is 0 Å². The van der Waals surface area contributed by atoms with E-state index in [1.54, 1.807) is 0 Å². The van der Waals surface area contributed by atoms with Crippen LogP contribution in [0.1, 0.15) is 33.6 Å². The van der Waals surface area contributed by atoms with E-state index >= 15 is 0 Å². The maximum atomic E-state index is 5.53. The van der Waals surface area contributed by atoms with Crippen LogP contribution in [0.5, 0.6) is 0 Å². The first-order chi connectivity index (χ1) is 5.08. The van der Waals surface area contributed by atoms with Gasteiger partial charge in [0, 0.05) is 17.1 Å². The molecule has 0 saturated carbocycles. The standard InChI is InChI=1S/C9H18OS/c1-9(2,3)11-7-8-5-4-6-10-8/h8H,4-7H2,1-3H3. The van der Waals surface area contributed by atoms with Crippen LogP contribution in [0.2, 0.25) is 0 Å². The lowest BCUT2D eigenvalue weighted by Crippen LogP contribution is -2.15. The Morgan fingerprint density at radius 3 is 2.64 bits per heavy atom. The van der Waals surface area contributed by atoms with Crippen LogP contribution in [0.15, 0.2) is 0 Å².